The van der Waals surface area contributed by atoms with Crippen molar-refractivity contribution >= 4 is 0 Å². The second kappa shape index (κ2) is 8.21. The highest BCUT2D eigenvalue weighted by Crippen LogP contribution is 2.28. The summed E-state index contributed by atoms with van der Waals surface area (Å²) < 4.78 is 18.3. The molecular weight excluding hydrogens is 251 g/mol. The van der Waals surface area contributed by atoms with E-state index in [1.807, 2.05) is 12.1 Å². The fraction of sp³-hybridized carbons (Fsp3) is 0.556. The van der Waals surface area contributed by atoms with Crippen molar-refractivity contribution in [3.63, 3.8) is 0 Å². The Morgan fingerprint density at radius 2 is 1.95 bits per heavy atom. The normalized spacial score (nSPS) is 18.5. The fourth-order valence-corrected chi connectivity index (χ4v) is 2.97. The van der Waals surface area contributed by atoms with Crippen molar-refractivity contribution in [1.29, 1.82) is 0 Å². The number of halogens is 1. The Morgan fingerprint density at radius 3 is 2.60 bits per heavy atom. The lowest BCUT2D eigenvalue weighted by atomic mass is 9.83. The van der Waals surface area contributed by atoms with Gasteiger partial charge in [0.1, 0.15) is 5.82 Å². The molecule has 0 spiro atoms. The van der Waals surface area contributed by atoms with Crippen molar-refractivity contribution in [2.75, 3.05) is 13.2 Å². The van der Waals surface area contributed by atoms with Gasteiger partial charge in [-0.3, -0.25) is 0 Å². The average Bonchev–Trinajstić information content (AvgIpc) is 2.49. The van der Waals surface area contributed by atoms with Crippen LogP contribution in [-0.2, 0) is 11.2 Å². The van der Waals surface area contributed by atoms with Gasteiger partial charge in [-0.1, -0.05) is 37.6 Å². The van der Waals surface area contributed by atoms with Gasteiger partial charge in [-0.15, -0.1) is 0 Å². The lowest BCUT2D eigenvalue weighted by Crippen LogP contribution is -2.22. The monoisotopic (exact) mass is 276 g/mol. The quantitative estimate of drug-likeness (QED) is 0.680. The van der Waals surface area contributed by atoms with Crippen LogP contribution in [0.25, 0.3) is 0 Å². The van der Waals surface area contributed by atoms with Crippen LogP contribution in [0, 0.1) is 17.7 Å². The maximum absolute atomic E-state index is 12.9. The van der Waals surface area contributed by atoms with E-state index >= 15 is 0 Å². The maximum atomic E-state index is 12.9. The zero-order valence-corrected chi connectivity index (χ0v) is 12.4. The zero-order chi connectivity index (χ0) is 14.2. The molecule has 0 saturated carbocycles. The van der Waals surface area contributed by atoms with Crippen LogP contribution in [-0.4, -0.2) is 13.2 Å². The molecule has 0 aromatic heterocycles. The van der Waals surface area contributed by atoms with Gasteiger partial charge in [0.05, 0.1) is 0 Å². The molecule has 1 aliphatic rings. The van der Waals surface area contributed by atoms with Gasteiger partial charge in [0.25, 0.3) is 0 Å². The van der Waals surface area contributed by atoms with Crippen LogP contribution >= 0.6 is 0 Å². The first-order valence-electron chi connectivity index (χ1n) is 7.78. The third-order valence-electron chi connectivity index (χ3n) is 4.14. The molecule has 1 aliphatic heterocycles. The van der Waals surface area contributed by atoms with Crippen molar-refractivity contribution in [2.24, 2.45) is 11.8 Å². The highest BCUT2D eigenvalue weighted by atomic mass is 19.1. The number of allylic oxidation sites excluding steroid dienone is 2. The SMILES string of the molecule is CCCC(C=CCc1ccc(F)cc1)C1CCOCC1. The molecule has 1 atom stereocenters. The minimum Gasteiger partial charge on any atom is -0.381 e. The standard InChI is InChI=1S/C18H25FO/c1-2-4-16(17-11-13-20-14-12-17)6-3-5-15-7-9-18(19)10-8-15/h3,6-10,16-17H,2,4-5,11-14H2,1H3. The number of ether oxygens (including phenoxy) is 1. The molecule has 1 fully saturated rings. The summed E-state index contributed by atoms with van der Waals surface area (Å²) in [6.45, 7) is 4.08. The number of hydrogen-bond donors (Lipinski definition) is 0. The molecule has 20 heavy (non-hydrogen) atoms. The molecule has 0 amide bonds. The molecule has 1 saturated heterocycles. The van der Waals surface area contributed by atoms with Crippen LogP contribution in [0.3, 0.4) is 0 Å². The van der Waals surface area contributed by atoms with Crippen molar-refractivity contribution in [3.05, 3.63) is 47.8 Å². The van der Waals surface area contributed by atoms with Gasteiger partial charge in [0.2, 0.25) is 0 Å². The van der Waals surface area contributed by atoms with Crippen LogP contribution in [0.15, 0.2) is 36.4 Å². The lowest BCUT2D eigenvalue weighted by Gasteiger charge is -2.28. The van der Waals surface area contributed by atoms with Crippen LogP contribution in [0.1, 0.15) is 38.2 Å². The van der Waals surface area contributed by atoms with E-state index in [4.69, 9.17) is 4.74 Å². The summed E-state index contributed by atoms with van der Waals surface area (Å²) in [5.74, 6) is 1.28. The van der Waals surface area contributed by atoms with Gasteiger partial charge >= 0.3 is 0 Å². The summed E-state index contributed by atoms with van der Waals surface area (Å²) in [7, 11) is 0. The van der Waals surface area contributed by atoms with Crippen LogP contribution < -0.4 is 0 Å². The van der Waals surface area contributed by atoms with Gasteiger partial charge in [-0.2, -0.15) is 0 Å². The summed E-state index contributed by atoms with van der Waals surface area (Å²) in [4.78, 5) is 0. The molecule has 0 N–H and O–H groups in total. The summed E-state index contributed by atoms with van der Waals surface area (Å²) in [5, 5.41) is 0. The van der Waals surface area contributed by atoms with Gasteiger partial charge in [-0.05, 0) is 55.2 Å². The second-order valence-electron chi connectivity index (χ2n) is 5.66. The van der Waals surface area contributed by atoms with E-state index in [9.17, 15) is 4.39 Å². The Balaban J connectivity index is 1.89. The smallest absolute Gasteiger partial charge is 0.123 e. The lowest BCUT2D eigenvalue weighted by molar-refractivity contribution is 0.0524. The van der Waals surface area contributed by atoms with Crippen LogP contribution in [0.5, 0.6) is 0 Å². The molecule has 0 radical (unpaired) electrons. The molecule has 110 valence electrons. The first-order chi connectivity index (χ1) is 9.79. The minimum absolute atomic E-state index is 0.163. The van der Waals surface area contributed by atoms with Gasteiger partial charge in [0.15, 0.2) is 0 Å². The molecule has 1 nitrogen and oxygen atoms in total. The zero-order valence-electron chi connectivity index (χ0n) is 12.4. The number of hydrogen-bond acceptors (Lipinski definition) is 1. The molecule has 2 rings (SSSR count). The molecule has 1 unspecified atom stereocenters. The van der Waals surface area contributed by atoms with Crippen molar-refractivity contribution in [2.45, 2.75) is 39.0 Å². The molecule has 1 heterocycles. The number of benzene rings is 1. The summed E-state index contributed by atoms with van der Waals surface area (Å²) in [6, 6.07) is 6.79. The summed E-state index contributed by atoms with van der Waals surface area (Å²) in [5.41, 5.74) is 1.17. The Kier molecular flexibility index (Phi) is 6.25. The van der Waals surface area contributed by atoms with E-state index < -0.39 is 0 Å². The summed E-state index contributed by atoms with van der Waals surface area (Å²) >= 11 is 0. The highest BCUT2D eigenvalue weighted by molar-refractivity contribution is 5.18. The Morgan fingerprint density at radius 1 is 1.25 bits per heavy atom. The molecule has 0 aliphatic carbocycles. The maximum Gasteiger partial charge on any atom is 0.123 e. The fourth-order valence-electron chi connectivity index (χ4n) is 2.97. The first kappa shape index (κ1) is 15.2. The third kappa shape index (κ3) is 4.75. The topological polar surface area (TPSA) is 9.23 Å². The van der Waals surface area contributed by atoms with Crippen LogP contribution in [0.2, 0.25) is 0 Å². The Labute approximate surface area is 121 Å². The molecule has 0 bridgehead atoms. The Hall–Kier alpha value is -1.15. The second-order valence-corrected chi connectivity index (χ2v) is 5.66. The van der Waals surface area contributed by atoms with E-state index in [2.05, 4.69) is 19.1 Å². The number of rotatable bonds is 6. The average molecular weight is 276 g/mol. The van der Waals surface area contributed by atoms with E-state index in [-0.39, 0.29) is 5.82 Å². The van der Waals surface area contributed by atoms with E-state index in [0.717, 1.165) is 25.6 Å². The largest absolute Gasteiger partial charge is 0.381 e. The predicted octanol–water partition coefficient (Wildman–Crippen LogP) is 4.77. The van der Waals surface area contributed by atoms with Gasteiger partial charge in [0, 0.05) is 13.2 Å². The Bertz CT molecular complexity index is 404. The van der Waals surface area contributed by atoms with Crippen molar-refractivity contribution in [3.8, 4) is 0 Å². The van der Waals surface area contributed by atoms with Gasteiger partial charge in [-0.25, -0.2) is 4.39 Å². The molecule has 1 aromatic rings. The summed E-state index contributed by atoms with van der Waals surface area (Å²) in [6.07, 6.45) is 10.4. The van der Waals surface area contributed by atoms with E-state index in [0.29, 0.717) is 5.92 Å². The third-order valence-corrected chi connectivity index (χ3v) is 4.14. The van der Waals surface area contributed by atoms with Crippen LogP contribution in [0.4, 0.5) is 4.39 Å². The van der Waals surface area contributed by atoms with E-state index in [1.54, 1.807) is 0 Å². The predicted molar refractivity (Wildman–Crippen MR) is 81.2 cm³/mol. The minimum atomic E-state index is -0.163. The highest BCUT2D eigenvalue weighted by Gasteiger charge is 2.21. The van der Waals surface area contributed by atoms with Crippen molar-refractivity contribution < 1.29 is 9.13 Å². The van der Waals surface area contributed by atoms with Crippen molar-refractivity contribution in [1.82, 2.24) is 0 Å². The van der Waals surface area contributed by atoms with E-state index in [1.165, 1.54) is 43.4 Å². The van der Waals surface area contributed by atoms with Gasteiger partial charge < -0.3 is 4.74 Å². The molecular formula is C18H25FO. The molecule has 2 heteroatoms. The molecule has 1 aromatic carbocycles. The first-order valence-corrected chi connectivity index (χ1v) is 7.78.